The quantitative estimate of drug-likeness (QED) is 0.414. The predicted molar refractivity (Wildman–Crippen MR) is 79.4 cm³/mol. The van der Waals surface area contributed by atoms with E-state index in [0.29, 0.717) is 0 Å². The van der Waals surface area contributed by atoms with E-state index in [4.69, 9.17) is 25.5 Å². The maximum atomic E-state index is 10.6. The fourth-order valence-corrected chi connectivity index (χ4v) is 1.38. The molecule has 0 saturated heterocycles. The second-order valence-electron chi connectivity index (χ2n) is 4.62. The zero-order valence-electron chi connectivity index (χ0n) is 12.0. The van der Waals surface area contributed by atoms with Gasteiger partial charge >= 0.3 is 24.3 Å². The van der Waals surface area contributed by atoms with Crippen LogP contribution < -0.4 is 5.73 Å². The van der Waals surface area contributed by atoms with Crippen molar-refractivity contribution < 1.29 is 46.1 Å². The Balaban J connectivity index is 0.000000366. The van der Waals surface area contributed by atoms with Crippen LogP contribution in [0.4, 0.5) is 26.3 Å². The minimum atomic E-state index is -5.08. The molecule has 0 aliphatic heterocycles. The van der Waals surface area contributed by atoms with Crippen LogP contribution in [0.15, 0.2) is 18.3 Å². The van der Waals surface area contributed by atoms with Gasteiger partial charge in [-0.05, 0) is 47.6 Å². The highest BCUT2D eigenvalue weighted by Gasteiger charge is 2.41. The molecule has 0 amide bonds. The summed E-state index contributed by atoms with van der Waals surface area (Å²) in [4.78, 5) is 22.1. The van der Waals surface area contributed by atoms with Gasteiger partial charge in [-0.3, -0.25) is 4.98 Å². The molecule has 1 heterocycles. The van der Waals surface area contributed by atoms with Gasteiger partial charge in [0.15, 0.2) is 0 Å². The molecule has 1 aliphatic rings. The van der Waals surface area contributed by atoms with Gasteiger partial charge in [0.05, 0.1) is 11.2 Å². The summed E-state index contributed by atoms with van der Waals surface area (Å²) in [5, 5.41) is 14.2. The maximum absolute atomic E-state index is 10.6. The van der Waals surface area contributed by atoms with E-state index in [-0.39, 0.29) is 5.54 Å². The van der Waals surface area contributed by atoms with E-state index in [9.17, 15) is 26.3 Å². The highest BCUT2D eigenvalue weighted by Crippen LogP contribution is 2.41. The molecule has 13 heteroatoms. The zero-order valence-corrected chi connectivity index (χ0v) is 14.2. The van der Waals surface area contributed by atoms with Crippen LogP contribution in [0.2, 0.25) is 0 Å². The van der Waals surface area contributed by atoms with Gasteiger partial charge in [-0.2, -0.15) is 26.3 Å². The Kier molecular flexibility index (Phi) is 8.07. The number of nitrogens with two attached hydrogens (primary N) is 1. The Morgan fingerprint density at radius 3 is 1.60 bits per heavy atom. The first-order chi connectivity index (χ1) is 11.1. The minimum absolute atomic E-state index is 0.0790. The third-order valence-electron chi connectivity index (χ3n) is 2.51. The summed E-state index contributed by atoms with van der Waals surface area (Å²) in [5.41, 5.74) is 6.91. The Labute approximate surface area is 150 Å². The first kappa shape index (κ1) is 23.4. The second-order valence-corrected chi connectivity index (χ2v) is 5.87. The van der Waals surface area contributed by atoms with Gasteiger partial charge in [0.1, 0.15) is 0 Å². The van der Waals surface area contributed by atoms with E-state index in [1.165, 1.54) is 0 Å². The number of hydrogen-bond acceptors (Lipinski definition) is 4. The number of hydrogen-bond donors (Lipinski definition) is 3. The number of pyridine rings is 1. The minimum Gasteiger partial charge on any atom is -0.475 e. The number of aliphatic carboxylic acids is 2. The van der Waals surface area contributed by atoms with Crippen molar-refractivity contribution >= 4 is 34.5 Å². The molecule has 142 valence electrons. The molecule has 1 aliphatic carbocycles. The van der Waals surface area contributed by atoms with E-state index in [0.717, 1.165) is 22.1 Å². The third-order valence-corrected chi connectivity index (χ3v) is 3.15. The summed E-state index contributed by atoms with van der Waals surface area (Å²) in [5.74, 6) is -5.51. The number of carbonyl (C=O) groups is 2. The molecule has 2 rings (SSSR count). The Morgan fingerprint density at radius 1 is 1.04 bits per heavy atom. The lowest BCUT2D eigenvalue weighted by Crippen LogP contribution is -2.21. The van der Waals surface area contributed by atoms with Crippen molar-refractivity contribution in [2.75, 3.05) is 0 Å². The first-order valence-electron chi connectivity index (χ1n) is 6.11. The van der Waals surface area contributed by atoms with E-state index >= 15 is 0 Å². The van der Waals surface area contributed by atoms with Crippen molar-refractivity contribution in [3.05, 3.63) is 27.6 Å². The second kappa shape index (κ2) is 8.64. The average molecular weight is 488 g/mol. The average Bonchev–Trinajstić information content (AvgIpc) is 3.18. The van der Waals surface area contributed by atoms with Gasteiger partial charge in [0, 0.05) is 9.77 Å². The molecule has 0 spiro atoms. The Morgan fingerprint density at radius 2 is 1.40 bits per heavy atom. The molecule has 0 aromatic carbocycles. The lowest BCUT2D eigenvalue weighted by atomic mass is 10.2. The lowest BCUT2D eigenvalue weighted by Gasteiger charge is -2.06. The van der Waals surface area contributed by atoms with Crippen LogP contribution in [0.25, 0.3) is 0 Å². The fourth-order valence-electron chi connectivity index (χ4n) is 1.06. The van der Waals surface area contributed by atoms with Crippen LogP contribution in [0, 0.1) is 3.57 Å². The van der Waals surface area contributed by atoms with E-state index in [1.54, 1.807) is 0 Å². The maximum Gasteiger partial charge on any atom is 0.490 e. The number of halogens is 7. The molecular formula is C12H11F6IN2O4. The molecule has 0 atom stereocenters. The summed E-state index contributed by atoms with van der Waals surface area (Å²) in [6.45, 7) is 0. The van der Waals surface area contributed by atoms with Gasteiger partial charge in [-0.1, -0.05) is 0 Å². The number of nitrogens with zero attached hydrogens (tertiary/aromatic N) is 1. The zero-order chi connectivity index (χ0) is 20.1. The smallest absolute Gasteiger partial charge is 0.475 e. The summed E-state index contributed by atoms with van der Waals surface area (Å²) in [6, 6.07) is 4.07. The normalized spacial score (nSPS) is 15.0. The molecule has 1 fully saturated rings. The number of rotatable bonds is 1. The van der Waals surface area contributed by atoms with Crippen molar-refractivity contribution in [1.82, 2.24) is 4.98 Å². The standard InChI is InChI=1S/C8H9IN2.2C2HF3O2/c9-6-1-2-7(11-5-6)8(10)3-4-8;2*3-2(4,5)1(6)7/h1-2,5H,3-4,10H2;2*(H,6,7). The predicted octanol–water partition coefficient (Wildman–Crippen LogP) is 2.90. The van der Waals surface area contributed by atoms with Crippen LogP contribution in [0.5, 0.6) is 0 Å². The summed E-state index contributed by atoms with van der Waals surface area (Å²) in [6.07, 6.45) is -6.13. The Bertz CT molecular complexity index is 575. The first-order valence-corrected chi connectivity index (χ1v) is 7.18. The number of aromatic nitrogens is 1. The van der Waals surface area contributed by atoms with Crippen molar-refractivity contribution in [1.29, 1.82) is 0 Å². The van der Waals surface area contributed by atoms with E-state index in [2.05, 4.69) is 33.6 Å². The summed E-state index contributed by atoms with van der Waals surface area (Å²) >= 11 is 2.24. The van der Waals surface area contributed by atoms with Crippen LogP contribution in [-0.2, 0) is 15.1 Å². The van der Waals surface area contributed by atoms with E-state index < -0.39 is 24.3 Å². The fraction of sp³-hybridized carbons (Fsp3) is 0.417. The van der Waals surface area contributed by atoms with Crippen LogP contribution in [0.3, 0.4) is 0 Å². The highest BCUT2D eigenvalue weighted by molar-refractivity contribution is 14.1. The number of carboxylic acids is 2. The van der Waals surface area contributed by atoms with Crippen molar-refractivity contribution in [2.45, 2.75) is 30.7 Å². The molecule has 0 unspecified atom stereocenters. The van der Waals surface area contributed by atoms with E-state index in [1.807, 2.05) is 12.3 Å². The monoisotopic (exact) mass is 488 g/mol. The SMILES string of the molecule is NC1(c2ccc(I)cn2)CC1.O=C(O)C(F)(F)F.O=C(O)C(F)(F)F. The van der Waals surface area contributed by atoms with Crippen LogP contribution in [-0.4, -0.2) is 39.5 Å². The van der Waals surface area contributed by atoms with Gasteiger partial charge in [0.2, 0.25) is 0 Å². The highest BCUT2D eigenvalue weighted by atomic mass is 127. The third kappa shape index (κ3) is 9.42. The molecule has 0 bridgehead atoms. The topological polar surface area (TPSA) is 114 Å². The number of alkyl halides is 6. The summed E-state index contributed by atoms with van der Waals surface area (Å²) in [7, 11) is 0. The van der Waals surface area contributed by atoms with Gasteiger partial charge < -0.3 is 15.9 Å². The lowest BCUT2D eigenvalue weighted by molar-refractivity contribution is -0.193. The van der Waals surface area contributed by atoms with Crippen LogP contribution >= 0.6 is 22.6 Å². The van der Waals surface area contributed by atoms with Crippen molar-refractivity contribution in [2.24, 2.45) is 5.73 Å². The largest absolute Gasteiger partial charge is 0.490 e. The molecule has 1 saturated carbocycles. The molecular weight excluding hydrogens is 477 g/mol. The molecule has 25 heavy (non-hydrogen) atoms. The molecule has 6 nitrogen and oxygen atoms in total. The van der Waals surface area contributed by atoms with Crippen molar-refractivity contribution in [3.8, 4) is 0 Å². The Hall–Kier alpha value is -1.64. The summed E-state index contributed by atoms with van der Waals surface area (Å²) < 4.78 is 64.6. The number of carboxylic acid groups (broad SMARTS) is 2. The molecule has 1 aromatic rings. The van der Waals surface area contributed by atoms with Crippen molar-refractivity contribution in [3.63, 3.8) is 0 Å². The van der Waals surface area contributed by atoms with Gasteiger partial charge in [-0.25, -0.2) is 9.59 Å². The molecule has 0 radical (unpaired) electrons. The molecule has 1 aromatic heterocycles. The van der Waals surface area contributed by atoms with Gasteiger partial charge in [-0.15, -0.1) is 0 Å². The van der Waals surface area contributed by atoms with Gasteiger partial charge in [0.25, 0.3) is 0 Å². The van der Waals surface area contributed by atoms with Crippen LogP contribution in [0.1, 0.15) is 18.5 Å². The molecule has 4 N–H and O–H groups in total.